The molecule has 1 fully saturated rings. The second kappa shape index (κ2) is 11.2. The number of carbonyl (C=O) groups excluding carboxylic acids is 2. The van der Waals surface area contributed by atoms with Crippen molar-refractivity contribution in [3.8, 4) is 11.1 Å². The number of carbonyl (C=O) groups is 2. The lowest BCUT2D eigenvalue weighted by Gasteiger charge is -2.39. The van der Waals surface area contributed by atoms with E-state index in [0.29, 0.717) is 24.7 Å². The van der Waals surface area contributed by atoms with Gasteiger partial charge in [-0.25, -0.2) is 4.68 Å². The van der Waals surface area contributed by atoms with E-state index in [1.807, 2.05) is 25.1 Å². The van der Waals surface area contributed by atoms with Crippen molar-refractivity contribution in [2.75, 3.05) is 23.8 Å². The summed E-state index contributed by atoms with van der Waals surface area (Å²) in [6, 6.07) is 12.5. The Balaban J connectivity index is 0.00000361. The molecule has 2 N–H and O–H groups in total. The number of pyridine rings is 2. The molecule has 0 aliphatic carbocycles. The number of likely N-dealkylation sites (tertiary alicyclic amines) is 1. The minimum Gasteiger partial charge on any atom is -0.335 e. The zero-order valence-corrected chi connectivity index (χ0v) is 21.3. The molecule has 2 aromatic heterocycles. The number of nitrogens with zero attached hydrogens (tertiary/aromatic N) is 3. The third-order valence-corrected chi connectivity index (χ3v) is 6.08. The Bertz CT molecular complexity index is 1350. The van der Waals surface area contributed by atoms with Crippen LogP contribution in [0.2, 0.25) is 0 Å². The van der Waals surface area contributed by atoms with E-state index in [1.54, 1.807) is 35.5 Å². The van der Waals surface area contributed by atoms with Gasteiger partial charge in [-0.1, -0.05) is 26.5 Å². The smallest absolute Gasteiger partial charge is 0.274 e. The highest BCUT2D eigenvalue weighted by molar-refractivity contribution is 6.03. The molecule has 1 aromatic carbocycles. The lowest BCUT2D eigenvalue weighted by atomic mass is 9.97. The van der Waals surface area contributed by atoms with Crippen molar-refractivity contribution in [2.24, 2.45) is 0 Å². The standard InChI is InChI=1S/C27H29N5O3.ClH/c1-5-25(33)31-15-22(16-31)30-32-14-20(6-9-26(32)34)19-10-11-28-24(13-19)27(35)29-21-7-8-23(17(2)3)18(4)12-21;/h5-14,17,22,30H,1,15-16H2,2-4H3,(H,29,35);1H. The van der Waals surface area contributed by atoms with Gasteiger partial charge in [0.1, 0.15) is 5.69 Å². The summed E-state index contributed by atoms with van der Waals surface area (Å²) < 4.78 is 1.41. The molecule has 0 atom stereocenters. The number of aromatic nitrogens is 2. The molecular weight excluding hydrogens is 478 g/mol. The number of amides is 2. The predicted molar refractivity (Wildman–Crippen MR) is 144 cm³/mol. The molecule has 1 aliphatic heterocycles. The fraction of sp³-hybridized carbons (Fsp3) is 0.259. The van der Waals surface area contributed by atoms with Gasteiger partial charge in [0.05, 0.1) is 6.04 Å². The van der Waals surface area contributed by atoms with Crippen LogP contribution in [0.1, 0.15) is 41.4 Å². The van der Waals surface area contributed by atoms with Crippen LogP contribution >= 0.6 is 12.4 Å². The Kier molecular flexibility index (Phi) is 8.32. The summed E-state index contributed by atoms with van der Waals surface area (Å²) >= 11 is 0. The average Bonchev–Trinajstić information content (AvgIpc) is 2.81. The SMILES string of the molecule is C=CC(=O)N1CC(Nn2cc(-c3ccnc(C(=O)Nc4ccc(C(C)C)c(C)c4)c3)ccc2=O)C1.Cl. The number of nitrogens with one attached hydrogen (secondary N) is 2. The molecule has 8 nitrogen and oxygen atoms in total. The monoisotopic (exact) mass is 507 g/mol. The molecule has 0 saturated carbocycles. The Hall–Kier alpha value is -3.91. The molecule has 9 heteroatoms. The van der Waals surface area contributed by atoms with Crippen molar-refractivity contribution in [3.63, 3.8) is 0 Å². The van der Waals surface area contributed by atoms with Crippen LogP contribution < -0.4 is 16.3 Å². The summed E-state index contributed by atoms with van der Waals surface area (Å²) in [5, 5.41) is 2.92. The number of hydrogen-bond acceptors (Lipinski definition) is 5. The normalized spacial score (nSPS) is 12.9. The zero-order chi connectivity index (χ0) is 25.1. The van der Waals surface area contributed by atoms with Gasteiger partial charge in [0.25, 0.3) is 11.5 Å². The Morgan fingerprint density at radius 3 is 2.53 bits per heavy atom. The van der Waals surface area contributed by atoms with Gasteiger partial charge >= 0.3 is 0 Å². The summed E-state index contributed by atoms with van der Waals surface area (Å²) in [6.45, 7) is 10.8. The molecule has 188 valence electrons. The first-order chi connectivity index (χ1) is 16.7. The minimum atomic E-state index is -0.309. The molecule has 36 heavy (non-hydrogen) atoms. The molecule has 2 amide bonds. The van der Waals surface area contributed by atoms with Crippen molar-refractivity contribution in [1.29, 1.82) is 0 Å². The third kappa shape index (κ3) is 5.83. The topological polar surface area (TPSA) is 96.3 Å². The molecule has 1 saturated heterocycles. The van der Waals surface area contributed by atoms with Crippen molar-refractivity contribution < 1.29 is 9.59 Å². The quantitative estimate of drug-likeness (QED) is 0.472. The van der Waals surface area contributed by atoms with Gasteiger partial charge in [0.15, 0.2) is 0 Å². The summed E-state index contributed by atoms with van der Waals surface area (Å²) in [7, 11) is 0. The van der Waals surface area contributed by atoms with E-state index in [2.05, 4.69) is 36.2 Å². The van der Waals surface area contributed by atoms with Gasteiger partial charge in [-0.15, -0.1) is 12.4 Å². The van der Waals surface area contributed by atoms with Gasteiger partial charge in [0, 0.05) is 42.8 Å². The van der Waals surface area contributed by atoms with Gasteiger partial charge in [0.2, 0.25) is 5.91 Å². The van der Waals surface area contributed by atoms with Crippen molar-refractivity contribution in [1.82, 2.24) is 14.6 Å². The van der Waals surface area contributed by atoms with E-state index >= 15 is 0 Å². The molecule has 0 bridgehead atoms. The number of rotatable bonds is 7. The summed E-state index contributed by atoms with van der Waals surface area (Å²) in [6.07, 6.45) is 4.54. The van der Waals surface area contributed by atoms with E-state index in [9.17, 15) is 14.4 Å². The summed E-state index contributed by atoms with van der Waals surface area (Å²) in [5.41, 5.74) is 7.78. The second-order valence-corrected chi connectivity index (χ2v) is 9.01. The van der Waals surface area contributed by atoms with Crippen LogP contribution in [-0.2, 0) is 4.79 Å². The van der Waals surface area contributed by atoms with Crippen LogP contribution in [0.5, 0.6) is 0 Å². The van der Waals surface area contributed by atoms with Gasteiger partial charge in [-0.05, 0) is 65.9 Å². The minimum absolute atomic E-state index is 0. The Labute approximate surface area is 216 Å². The van der Waals surface area contributed by atoms with Gasteiger partial charge in [-0.3, -0.25) is 19.4 Å². The third-order valence-electron chi connectivity index (χ3n) is 6.08. The number of aryl methyl sites for hydroxylation is 1. The zero-order valence-electron chi connectivity index (χ0n) is 20.5. The molecule has 0 spiro atoms. The van der Waals surface area contributed by atoms with Crippen LogP contribution in [-0.4, -0.2) is 45.5 Å². The first-order valence-electron chi connectivity index (χ1n) is 11.5. The van der Waals surface area contributed by atoms with Crippen molar-refractivity contribution in [3.05, 3.63) is 94.7 Å². The highest BCUT2D eigenvalue weighted by atomic mass is 35.5. The van der Waals surface area contributed by atoms with Crippen LogP contribution in [0.25, 0.3) is 11.1 Å². The average molecular weight is 508 g/mol. The van der Waals surface area contributed by atoms with E-state index in [0.717, 1.165) is 16.7 Å². The largest absolute Gasteiger partial charge is 0.335 e. The van der Waals surface area contributed by atoms with Crippen LogP contribution in [0, 0.1) is 6.92 Å². The van der Waals surface area contributed by atoms with Crippen LogP contribution in [0.15, 0.2) is 72.3 Å². The molecule has 3 heterocycles. The fourth-order valence-corrected chi connectivity index (χ4v) is 4.16. The lowest BCUT2D eigenvalue weighted by Crippen LogP contribution is -2.59. The Morgan fingerprint density at radius 2 is 1.86 bits per heavy atom. The molecule has 1 aliphatic rings. The maximum absolute atomic E-state index is 12.9. The van der Waals surface area contributed by atoms with Crippen LogP contribution in [0.3, 0.4) is 0 Å². The first kappa shape index (κ1) is 26.7. The van der Waals surface area contributed by atoms with Crippen LogP contribution in [0.4, 0.5) is 5.69 Å². The molecule has 4 rings (SSSR count). The highest BCUT2D eigenvalue weighted by Gasteiger charge is 2.29. The molecule has 0 radical (unpaired) electrons. The number of halogens is 1. The predicted octanol–water partition coefficient (Wildman–Crippen LogP) is 3.96. The number of hydrogen-bond donors (Lipinski definition) is 2. The van der Waals surface area contributed by atoms with E-state index in [1.165, 1.54) is 22.4 Å². The highest BCUT2D eigenvalue weighted by Crippen LogP contribution is 2.23. The Morgan fingerprint density at radius 1 is 1.11 bits per heavy atom. The summed E-state index contributed by atoms with van der Waals surface area (Å²) in [4.78, 5) is 42.7. The van der Waals surface area contributed by atoms with Gasteiger partial charge in [-0.2, -0.15) is 0 Å². The van der Waals surface area contributed by atoms with E-state index in [4.69, 9.17) is 0 Å². The second-order valence-electron chi connectivity index (χ2n) is 9.01. The van der Waals surface area contributed by atoms with E-state index in [-0.39, 0.29) is 41.5 Å². The van der Waals surface area contributed by atoms with Gasteiger partial charge < -0.3 is 15.6 Å². The van der Waals surface area contributed by atoms with Crippen molar-refractivity contribution in [2.45, 2.75) is 32.7 Å². The fourth-order valence-electron chi connectivity index (χ4n) is 4.16. The maximum atomic E-state index is 12.9. The van der Waals surface area contributed by atoms with Crippen molar-refractivity contribution >= 4 is 29.9 Å². The maximum Gasteiger partial charge on any atom is 0.274 e. The lowest BCUT2D eigenvalue weighted by molar-refractivity contribution is -0.129. The number of anilines is 1. The first-order valence-corrected chi connectivity index (χ1v) is 11.5. The summed E-state index contributed by atoms with van der Waals surface area (Å²) in [5.74, 6) is -0.0251. The molecule has 3 aromatic rings. The van der Waals surface area contributed by atoms with E-state index < -0.39 is 0 Å². The molecular formula is C27H30ClN5O3. The number of benzene rings is 1. The molecule has 0 unspecified atom stereocenters.